The summed E-state index contributed by atoms with van der Waals surface area (Å²) in [4.78, 5) is 0. The van der Waals surface area contributed by atoms with E-state index in [1.807, 2.05) is 37.3 Å². The Balaban J connectivity index is 2.05. The van der Waals surface area contributed by atoms with Crippen molar-refractivity contribution >= 4 is 51.9 Å². The van der Waals surface area contributed by atoms with Gasteiger partial charge in [0.2, 0.25) is 0 Å². The summed E-state index contributed by atoms with van der Waals surface area (Å²) in [7, 11) is 0. The average Bonchev–Trinajstić information content (AvgIpc) is 2.37. The molecule has 98 valence electrons. The SMILES string of the molecule is Cc1ccc(Cl)cc1NC(=S)Nc1ccc(Cl)cc1. The van der Waals surface area contributed by atoms with Crippen molar-refractivity contribution in [2.45, 2.75) is 6.92 Å². The molecule has 0 heterocycles. The van der Waals surface area contributed by atoms with E-state index in [0.717, 1.165) is 16.9 Å². The van der Waals surface area contributed by atoms with Gasteiger partial charge in [0.1, 0.15) is 0 Å². The topological polar surface area (TPSA) is 24.1 Å². The molecule has 2 rings (SSSR count). The predicted octanol–water partition coefficient (Wildman–Crippen LogP) is 5.11. The van der Waals surface area contributed by atoms with Gasteiger partial charge in [0, 0.05) is 21.4 Å². The number of thiocarbonyl (C=S) groups is 1. The van der Waals surface area contributed by atoms with E-state index in [2.05, 4.69) is 10.6 Å². The summed E-state index contributed by atoms with van der Waals surface area (Å²) < 4.78 is 0. The van der Waals surface area contributed by atoms with E-state index in [-0.39, 0.29) is 0 Å². The number of hydrogen-bond acceptors (Lipinski definition) is 1. The van der Waals surface area contributed by atoms with Crippen molar-refractivity contribution in [3.05, 3.63) is 58.1 Å². The molecule has 0 bridgehead atoms. The van der Waals surface area contributed by atoms with Crippen LogP contribution in [0.15, 0.2) is 42.5 Å². The van der Waals surface area contributed by atoms with Crippen LogP contribution in [-0.2, 0) is 0 Å². The van der Waals surface area contributed by atoms with Gasteiger partial charge in [-0.2, -0.15) is 0 Å². The van der Waals surface area contributed by atoms with Crippen LogP contribution in [0.5, 0.6) is 0 Å². The smallest absolute Gasteiger partial charge is 0.175 e. The molecule has 0 atom stereocenters. The van der Waals surface area contributed by atoms with E-state index < -0.39 is 0 Å². The van der Waals surface area contributed by atoms with Gasteiger partial charge in [-0.3, -0.25) is 0 Å². The first-order chi connectivity index (χ1) is 9.04. The van der Waals surface area contributed by atoms with Crippen LogP contribution >= 0.6 is 35.4 Å². The fourth-order valence-corrected chi connectivity index (χ4v) is 2.07. The van der Waals surface area contributed by atoms with Gasteiger partial charge in [-0.25, -0.2) is 0 Å². The van der Waals surface area contributed by atoms with Crippen molar-refractivity contribution < 1.29 is 0 Å². The molecule has 2 aromatic carbocycles. The minimum atomic E-state index is 0.507. The number of halogens is 2. The van der Waals surface area contributed by atoms with Crippen LogP contribution in [-0.4, -0.2) is 5.11 Å². The summed E-state index contributed by atoms with van der Waals surface area (Å²) in [5.74, 6) is 0. The lowest BCUT2D eigenvalue weighted by atomic mass is 10.2. The van der Waals surface area contributed by atoms with Crippen LogP contribution in [0.25, 0.3) is 0 Å². The van der Waals surface area contributed by atoms with E-state index in [0.29, 0.717) is 15.2 Å². The lowest BCUT2D eigenvalue weighted by Gasteiger charge is -2.12. The monoisotopic (exact) mass is 310 g/mol. The number of anilines is 2. The second kappa shape index (κ2) is 6.24. The highest BCUT2D eigenvalue weighted by Gasteiger charge is 2.02. The van der Waals surface area contributed by atoms with Gasteiger partial charge in [-0.15, -0.1) is 0 Å². The molecule has 0 fully saturated rings. The Morgan fingerprint density at radius 3 is 2.26 bits per heavy atom. The number of nitrogens with one attached hydrogen (secondary N) is 2. The molecule has 0 spiro atoms. The maximum Gasteiger partial charge on any atom is 0.175 e. The highest BCUT2D eigenvalue weighted by atomic mass is 35.5. The number of benzene rings is 2. The van der Waals surface area contributed by atoms with Gasteiger partial charge in [0.25, 0.3) is 0 Å². The lowest BCUT2D eigenvalue weighted by Crippen LogP contribution is -2.19. The van der Waals surface area contributed by atoms with Crippen LogP contribution in [0.1, 0.15) is 5.56 Å². The normalized spacial score (nSPS) is 10.1. The minimum Gasteiger partial charge on any atom is -0.332 e. The first-order valence-electron chi connectivity index (χ1n) is 5.64. The molecule has 0 amide bonds. The van der Waals surface area contributed by atoms with Crippen LogP contribution in [0, 0.1) is 6.92 Å². The zero-order chi connectivity index (χ0) is 13.8. The fraction of sp³-hybridized carbons (Fsp3) is 0.0714. The Kier molecular flexibility index (Phi) is 4.64. The van der Waals surface area contributed by atoms with Crippen molar-refractivity contribution in [1.29, 1.82) is 0 Å². The third-order valence-corrected chi connectivity index (χ3v) is 3.24. The molecule has 0 unspecified atom stereocenters. The third kappa shape index (κ3) is 4.10. The largest absolute Gasteiger partial charge is 0.332 e. The second-order valence-electron chi connectivity index (χ2n) is 4.05. The molecular weight excluding hydrogens is 299 g/mol. The average molecular weight is 311 g/mol. The molecule has 0 saturated carbocycles. The van der Waals surface area contributed by atoms with Crippen LogP contribution in [0.3, 0.4) is 0 Å². The molecule has 2 N–H and O–H groups in total. The van der Waals surface area contributed by atoms with Gasteiger partial charge >= 0.3 is 0 Å². The van der Waals surface area contributed by atoms with E-state index in [1.165, 1.54) is 0 Å². The van der Waals surface area contributed by atoms with Crippen LogP contribution < -0.4 is 10.6 Å². The van der Waals surface area contributed by atoms with Gasteiger partial charge in [-0.05, 0) is 61.1 Å². The molecule has 0 aliphatic heterocycles. The highest BCUT2D eigenvalue weighted by Crippen LogP contribution is 2.20. The number of rotatable bonds is 2. The molecule has 0 aliphatic rings. The molecule has 5 heteroatoms. The standard InChI is InChI=1S/C14H12Cl2N2S/c1-9-2-3-11(16)8-13(9)18-14(19)17-12-6-4-10(15)5-7-12/h2-8H,1H3,(H2,17,18,19). The van der Waals surface area contributed by atoms with Gasteiger partial charge < -0.3 is 10.6 Å². The quantitative estimate of drug-likeness (QED) is 0.754. The predicted molar refractivity (Wildman–Crippen MR) is 87.5 cm³/mol. The first kappa shape index (κ1) is 14.1. The molecule has 2 aromatic rings. The first-order valence-corrected chi connectivity index (χ1v) is 6.81. The maximum atomic E-state index is 5.96. The molecule has 2 nitrogen and oxygen atoms in total. The highest BCUT2D eigenvalue weighted by molar-refractivity contribution is 7.80. The summed E-state index contributed by atoms with van der Waals surface area (Å²) >= 11 is 17.0. The zero-order valence-electron chi connectivity index (χ0n) is 10.2. The number of hydrogen-bond donors (Lipinski definition) is 2. The Morgan fingerprint density at radius 2 is 1.58 bits per heavy atom. The fourth-order valence-electron chi connectivity index (χ4n) is 1.55. The van der Waals surface area contributed by atoms with Gasteiger partial charge in [0.15, 0.2) is 5.11 Å². The van der Waals surface area contributed by atoms with Gasteiger partial charge in [0.05, 0.1) is 0 Å². The molecule has 0 radical (unpaired) electrons. The van der Waals surface area contributed by atoms with E-state index in [4.69, 9.17) is 35.4 Å². The third-order valence-electron chi connectivity index (χ3n) is 2.55. The molecular formula is C14H12Cl2N2S. The number of aryl methyl sites for hydroxylation is 1. The van der Waals surface area contributed by atoms with Crippen LogP contribution in [0.2, 0.25) is 10.0 Å². The van der Waals surface area contributed by atoms with E-state index in [1.54, 1.807) is 12.1 Å². The Morgan fingerprint density at radius 1 is 0.947 bits per heavy atom. The summed E-state index contributed by atoms with van der Waals surface area (Å²) in [6.45, 7) is 1.99. The van der Waals surface area contributed by atoms with Crippen molar-refractivity contribution in [2.75, 3.05) is 10.6 Å². The summed E-state index contributed by atoms with van der Waals surface area (Å²) in [5.41, 5.74) is 2.84. The van der Waals surface area contributed by atoms with Gasteiger partial charge in [-0.1, -0.05) is 29.3 Å². The molecule has 19 heavy (non-hydrogen) atoms. The minimum absolute atomic E-state index is 0.507. The summed E-state index contributed by atoms with van der Waals surface area (Å²) in [5, 5.41) is 8.07. The van der Waals surface area contributed by atoms with Crippen molar-refractivity contribution in [3.8, 4) is 0 Å². The van der Waals surface area contributed by atoms with Crippen molar-refractivity contribution in [1.82, 2.24) is 0 Å². The second-order valence-corrected chi connectivity index (χ2v) is 5.33. The van der Waals surface area contributed by atoms with Crippen LogP contribution in [0.4, 0.5) is 11.4 Å². The summed E-state index contributed by atoms with van der Waals surface area (Å²) in [6.07, 6.45) is 0. The van der Waals surface area contributed by atoms with Crippen molar-refractivity contribution in [3.63, 3.8) is 0 Å². The van der Waals surface area contributed by atoms with E-state index >= 15 is 0 Å². The molecule has 0 aromatic heterocycles. The Bertz CT molecular complexity index is 597. The van der Waals surface area contributed by atoms with E-state index in [9.17, 15) is 0 Å². The summed E-state index contributed by atoms with van der Waals surface area (Å²) in [6, 6.07) is 13.0. The molecule has 0 aliphatic carbocycles. The maximum absolute atomic E-state index is 5.96. The van der Waals surface area contributed by atoms with Crippen molar-refractivity contribution in [2.24, 2.45) is 0 Å². The molecule has 0 saturated heterocycles. The zero-order valence-corrected chi connectivity index (χ0v) is 12.5. The Hall–Kier alpha value is -1.29. The Labute approximate surface area is 127 Å². The lowest BCUT2D eigenvalue weighted by molar-refractivity contribution is 1.45.